The lowest BCUT2D eigenvalue weighted by molar-refractivity contribution is -0.387. The van der Waals surface area contributed by atoms with Crippen molar-refractivity contribution in [1.29, 1.82) is 0 Å². The molecule has 0 fully saturated rings. The Hall–Kier alpha value is -1.22. The number of aliphatic hydroxyl groups is 2. The van der Waals surface area contributed by atoms with Crippen LogP contribution < -0.4 is 0 Å². The van der Waals surface area contributed by atoms with Crippen molar-refractivity contribution in [3.05, 3.63) is 38.7 Å². The lowest BCUT2D eigenvalue weighted by atomic mass is 10.0. The molecule has 0 radical (unpaired) electrons. The van der Waals surface area contributed by atoms with Gasteiger partial charge in [0.2, 0.25) is 5.82 Å². The summed E-state index contributed by atoms with van der Waals surface area (Å²) in [5.74, 6) is -1.27. The number of nitro groups is 1. The smallest absolute Gasteiger partial charge is 0.306 e. The molecule has 9 heteroatoms. The van der Waals surface area contributed by atoms with E-state index >= 15 is 0 Å². The number of hydrogen-bond acceptors (Lipinski definition) is 6. The zero-order valence-corrected chi connectivity index (χ0v) is 11.8. The molecule has 1 rings (SSSR count). The third kappa shape index (κ3) is 4.14. The Kier molecular flexibility index (Phi) is 5.88. The number of nitro benzene ring substituents is 1. The normalized spacial score (nSPS) is 13.8. The highest BCUT2D eigenvalue weighted by Gasteiger charge is 2.25. The summed E-state index contributed by atoms with van der Waals surface area (Å²) >= 11 is 6.52. The molecular weight excluding hydrogens is 313 g/mol. The molecule has 2 N–H and O–H groups in total. The molecule has 0 saturated carbocycles. The van der Waals surface area contributed by atoms with Gasteiger partial charge >= 0.3 is 5.69 Å². The number of nitrogens with zero attached hydrogens (tertiary/aromatic N) is 1. The lowest BCUT2D eigenvalue weighted by Gasteiger charge is -2.18. The van der Waals surface area contributed by atoms with Crippen molar-refractivity contribution in [2.24, 2.45) is 0 Å². The monoisotopic (exact) mass is 323 g/mol. The highest BCUT2D eigenvalue weighted by atomic mass is 35.5. The molecule has 0 heterocycles. The third-order valence-electron chi connectivity index (χ3n) is 2.40. The first-order valence-electron chi connectivity index (χ1n) is 5.36. The lowest BCUT2D eigenvalue weighted by Crippen LogP contribution is -2.22. The number of hydrogen-bond donors (Lipinski definition) is 2. The van der Waals surface area contributed by atoms with Gasteiger partial charge in [0.25, 0.3) is 0 Å². The van der Waals surface area contributed by atoms with E-state index in [0.29, 0.717) is 6.07 Å². The van der Waals surface area contributed by atoms with Gasteiger partial charge in [-0.25, -0.2) is 0 Å². The van der Waals surface area contributed by atoms with Gasteiger partial charge in [-0.15, -0.1) is 0 Å². The van der Waals surface area contributed by atoms with Gasteiger partial charge in [0.15, 0.2) is 5.12 Å². The van der Waals surface area contributed by atoms with Crippen LogP contribution >= 0.6 is 23.4 Å². The SMILES string of the molecule is CC(=O)SCC(O)C(O)c1cc(F)c([N+](=O)[O-])cc1Cl. The van der Waals surface area contributed by atoms with Crippen molar-refractivity contribution in [2.45, 2.75) is 19.1 Å². The maximum Gasteiger partial charge on any atom is 0.306 e. The van der Waals surface area contributed by atoms with Crippen molar-refractivity contribution < 1.29 is 24.3 Å². The van der Waals surface area contributed by atoms with Crippen molar-refractivity contribution in [2.75, 3.05) is 5.75 Å². The van der Waals surface area contributed by atoms with Crippen LogP contribution in [0.1, 0.15) is 18.6 Å². The van der Waals surface area contributed by atoms with Crippen LogP contribution in [0.5, 0.6) is 0 Å². The van der Waals surface area contributed by atoms with Crippen molar-refractivity contribution in [3.8, 4) is 0 Å². The average molecular weight is 324 g/mol. The van der Waals surface area contributed by atoms with Gasteiger partial charge in [-0.05, 0) is 6.07 Å². The van der Waals surface area contributed by atoms with Crippen LogP contribution in [-0.4, -0.2) is 32.1 Å². The molecular formula is C11H11ClFNO5S. The van der Waals surface area contributed by atoms with E-state index in [0.717, 1.165) is 17.8 Å². The summed E-state index contributed by atoms with van der Waals surface area (Å²) in [7, 11) is 0. The number of rotatable bonds is 5. The molecule has 1 aromatic rings. The van der Waals surface area contributed by atoms with E-state index in [1.807, 2.05) is 0 Å². The quantitative estimate of drug-likeness (QED) is 0.635. The van der Waals surface area contributed by atoms with Gasteiger partial charge in [-0.1, -0.05) is 23.4 Å². The van der Waals surface area contributed by atoms with Gasteiger partial charge in [0, 0.05) is 24.3 Å². The minimum Gasteiger partial charge on any atom is -0.389 e. The standard InChI is InChI=1S/C11H11ClFNO5S/c1-5(15)20-4-10(16)11(17)6-2-8(13)9(14(18)19)3-7(6)12/h2-3,10-11,16-17H,4H2,1H3. The zero-order valence-electron chi connectivity index (χ0n) is 10.2. The van der Waals surface area contributed by atoms with Crippen LogP contribution in [0.3, 0.4) is 0 Å². The number of thioether (sulfide) groups is 1. The fourth-order valence-electron chi connectivity index (χ4n) is 1.42. The van der Waals surface area contributed by atoms with Crippen LogP contribution in [0.2, 0.25) is 5.02 Å². The van der Waals surface area contributed by atoms with E-state index in [1.54, 1.807) is 0 Å². The molecule has 110 valence electrons. The Bertz CT molecular complexity index is 542. The molecule has 0 aliphatic rings. The van der Waals surface area contributed by atoms with Crippen molar-refractivity contribution >= 4 is 34.2 Å². The van der Waals surface area contributed by atoms with E-state index in [1.165, 1.54) is 6.92 Å². The molecule has 1 aromatic carbocycles. The van der Waals surface area contributed by atoms with E-state index in [9.17, 15) is 29.5 Å². The van der Waals surface area contributed by atoms with Gasteiger partial charge < -0.3 is 10.2 Å². The maximum absolute atomic E-state index is 13.5. The molecule has 0 bridgehead atoms. The summed E-state index contributed by atoms with van der Waals surface area (Å²) in [5, 5.41) is 29.5. The highest BCUT2D eigenvalue weighted by molar-refractivity contribution is 8.13. The number of carbonyl (C=O) groups excluding carboxylic acids is 1. The molecule has 2 atom stereocenters. The van der Waals surface area contributed by atoms with Crippen LogP contribution in [0.4, 0.5) is 10.1 Å². The van der Waals surface area contributed by atoms with Crippen molar-refractivity contribution in [1.82, 2.24) is 0 Å². The van der Waals surface area contributed by atoms with Gasteiger partial charge in [-0.3, -0.25) is 14.9 Å². The summed E-state index contributed by atoms with van der Waals surface area (Å²) in [6, 6.07) is 1.47. The van der Waals surface area contributed by atoms with E-state index in [2.05, 4.69) is 0 Å². The third-order valence-corrected chi connectivity index (χ3v) is 3.65. The molecule has 2 unspecified atom stereocenters. The van der Waals surface area contributed by atoms with Crippen molar-refractivity contribution in [3.63, 3.8) is 0 Å². The number of halogens is 2. The topological polar surface area (TPSA) is 101 Å². The van der Waals surface area contributed by atoms with Gasteiger partial charge in [-0.2, -0.15) is 4.39 Å². The first-order chi connectivity index (χ1) is 9.23. The molecule has 0 saturated heterocycles. The number of carbonyl (C=O) groups is 1. The fourth-order valence-corrected chi connectivity index (χ4v) is 2.28. The summed E-state index contributed by atoms with van der Waals surface area (Å²) in [4.78, 5) is 20.3. The Morgan fingerprint density at radius 1 is 1.55 bits per heavy atom. The Morgan fingerprint density at radius 2 is 2.15 bits per heavy atom. The predicted molar refractivity (Wildman–Crippen MR) is 72.2 cm³/mol. The highest BCUT2D eigenvalue weighted by Crippen LogP contribution is 2.32. The van der Waals surface area contributed by atoms with Crippen LogP contribution in [0.25, 0.3) is 0 Å². The Morgan fingerprint density at radius 3 is 2.65 bits per heavy atom. The molecule has 0 aromatic heterocycles. The second kappa shape index (κ2) is 6.98. The number of benzene rings is 1. The first kappa shape index (κ1) is 16.8. The summed E-state index contributed by atoms with van der Waals surface area (Å²) in [6.07, 6.45) is -2.91. The van der Waals surface area contributed by atoms with Crippen LogP contribution in [-0.2, 0) is 4.79 Å². The Balaban J connectivity index is 2.98. The second-order valence-corrected chi connectivity index (χ2v) is 5.50. The maximum atomic E-state index is 13.5. The van der Waals surface area contributed by atoms with Gasteiger partial charge in [0.1, 0.15) is 6.10 Å². The average Bonchev–Trinajstić information content (AvgIpc) is 2.36. The minimum absolute atomic E-state index is 0.106. The van der Waals surface area contributed by atoms with E-state index in [-0.39, 0.29) is 21.5 Å². The summed E-state index contributed by atoms with van der Waals surface area (Å²) in [6.45, 7) is 1.29. The molecule has 0 spiro atoms. The van der Waals surface area contributed by atoms with Gasteiger partial charge in [0.05, 0.1) is 16.0 Å². The largest absolute Gasteiger partial charge is 0.389 e. The summed E-state index contributed by atoms with van der Waals surface area (Å²) < 4.78 is 13.5. The summed E-state index contributed by atoms with van der Waals surface area (Å²) in [5.41, 5.74) is -0.995. The van der Waals surface area contributed by atoms with Crippen LogP contribution in [0, 0.1) is 15.9 Å². The molecule has 0 aliphatic carbocycles. The second-order valence-electron chi connectivity index (χ2n) is 3.90. The molecule has 20 heavy (non-hydrogen) atoms. The fraction of sp³-hybridized carbons (Fsp3) is 0.364. The zero-order chi connectivity index (χ0) is 15.4. The predicted octanol–water partition coefficient (Wildman–Crippen LogP) is 2.06. The number of aliphatic hydroxyl groups excluding tert-OH is 2. The molecule has 0 amide bonds. The molecule has 6 nitrogen and oxygen atoms in total. The van der Waals surface area contributed by atoms with Crippen LogP contribution in [0.15, 0.2) is 12.1 Å². The van der Waals surface area contributed by atoms with E-state index in [4.69, 9.17) is 11.6 Å². The Labute approximate surface area is 122 Å². The molecule has 0 aliphatic heterocycles. The van der Waals surface area contributed by atoms with E-state index < -0.39 is 28.6 Å². The first-order valence-corrected chi connectivity index (χ1v) is 6.73. The minimum atomic E-state index is -1.55.